The number of aryl methyl sites for hydroxylation is 2. The molecule has 0 bridgehead atoms. The SMILES string of the molecule is COc1ccc(Br)cc1NC(=O)c1cc(C)n(C)n1. The average molecular weight is 324 g/mol. The van der Waals surface area contributed by atoms with Crippen molar-refractivity contribution in [2.45, 2.75) is 6.92 Å². The van der Waals surface area contributed by atoms with E-state index >= 15 is 0 Å². The van der Waals surface area contributed by atoms with Crippen LogP contribution in [0.5, 0.6) is 5.75 Å². The van der Waals surface area contributed by atoms with Crippen LogP contribution in [0.3, 0.4) is 0 Å². The molecule has 0 aliphatic heterocycles. The van der Waals surface area contributed by atoms with Crippen molar-refractivity contribution in [1.82, 2.24) is 9.78 Å². The number of anilines is 1. The van der Waals surface area contributed by atoms with Crippen LogP contribution in [0.4, 0.5) is 5.69 Å². The maximum Gasteiger partial charge on any atom is 0.276 e. The Kier molecular flexibility index (Phi) is 3.90. The Hall–Kier alpha value is -1.82. The molecule has 1 heterocycles. The zero-order chi connectivity index (χ0) is 14.0. The molecule has 1 N–H and O–H groups in total. The molecule has 2 aromatic rings. The van der Waals surface area contributed by atoms with E-state index in [9.17, 15) is 4.79 Å². The topological polar surface area (TPSA) is 56.1 Å². The summed E-state index contributed by atoms with van der Waals surface area (Å²) in [5.41, 5.74) is 1.90. The van der Waals surface area contributed by atoms with Gasteiger partial charge in [0.2, 0.25) is 0 Å². The van der Waals surface area contributed by atoms with Gasteiger partial charge < -0.3 is 10.1 Å². The summed E-state index contributed by atoms with van der Waals surface area (Å²) >= 11 is 3.36. The molecule has 6 heteroatoms. The lowest BCUT2D eigenvalue weighted by molar-refractivity contribution is 0.102. The van der Waals surface area contributed by atoms with E-state index in [0.717, 1.165) is 10.2 Å². The summed E-state index contributed by atoms with van der Waals surface area (Å²) in [5.74, 6) is 0.337. The Balaban J connectivity index is 2.25. The van der Waals surface area contributed by atoms with Crippen LogP contribution in [0.25, 0.3) is 0 Å². The fourth-order valence-electron chi connectivity index (χ4n) is 1.64. The third kappa shape index (κ3) is 2.96. The smallest absolute Gasteiger partial charge is 0.276 e. The van der Waals surface area contributed by atoms with Gasteiger partial charge in [0, 0.05) is 17.2 Å². The number of hydrogen-bond acceptors (Lipinski definition) is 3. The molecular formula is C13H14BrN3O2. The minimum Gasteiger partial charge on any atom is -0.495 e. The van der Waals surface area contributed by atoms with Gasteiger partial charge in [0.1, 0.15) is 5.75 Å². The average Bonchev–Trinajstić information content (AvgIpc) is 2.70. The fraction of sp³-hybridized carbons (Fsp3) is 0.231. The summed E-state index contributed by atoms with van der Waals surface area (Å²) in [6.45, 7) is 1.89. The van der Waals surface area contributed by atoms with Crippen LogP contribution in [-0.4, -0.2) is 22.8 Å². The van der Waals surface area contributed by atoms with E-state index < -0.39 is 0 Å². The van der Waals surface area contributed by atoms with Crippen LogP contribution in [0.2, 0.25) is 0 Å². The normalized spacial score (nSPS) is 10.3. The molecule has 19 heavy (non-hydrogen) atoms. The van der Waals surface area contributed by atoms with Crippen LogP contribution in [0.15, 0.2) is 28.7 Å². The molecule has 0 unspecified atom stereocenters. The van der Waals surface area contributed by atoms with Gasteiger partial charge in [-0.1, -0.05) is 15.9 Å². The van der Waals surface area contributed by atoms with E-state index in [1.165, 1.54) is 0 Å². The highest BCUT2D eigenvalue weighted by atomic mass is 79.9. The number of ether oxygens (including phenoxy) is 1. The maximum absolute atomic E-state index is 12.1. The first-order valence-electron chi connectivity index (χ1n) is 5.67. The van der Waals surface area contributed by atoms with Crippen LogP contribution in [0, 0.1) is 6.92 Å². The van der Waals surface area contributed by atoms with Gasteiger partial charge in [-0.3, -0.25) is 9.48 Å². The molecule has 5 nitrogen and oxygen atoms in total. The minimum atomic E-state index is -0.264. The first kappa shape index (κ1) is 13.6. The lowest BCUT2D eigenvalue weighted by Gasteiger charge is -2.09. The molecule has 0 spiro atoms. The van der Waals surface area contributed by atoms with Crippen LogP contribution >= 0.6 is 15.9 Å². The number of amides is 1. The Morgan fingerprint density at radius 3 is 2.74 bits per heavy atom. The van der Waals surface area contributed by atoms with Crippen LogP contribution < -0.4 is 10.1 Å². The largest absolute Gasteiger partial charge is 0.495 e. The minimum absolute atomic E-state index is 0.264. The molecule has 1 aromatic carbocycles. The van der Waals surface area contributed by atoms with Crippen molar-refractivity contribution >= 4 is 27.5 Å². The lowest BCUT2D eigenvalue weighted by Crippen LogP contribution is -2.13. The number of carbonyl (C=O) groups excluding carboxylic acids is 1. The summed E-state index contributed by atoms with van der Waals surface area (Å²) in [5, 5.41) is 6.93. The molecule has 1 amide bonds. The van der Waals surface area contributed by atoms with E-state index in [0.29, 0.717) is 17.1 Å². The first-order chi connectivity index (χ1) is 9.01. The number of hydrogen-bond donors (Lipinski definition) is 1. The van der Waals surface area contributed by atoms with Gasteiger partial charge >= 0.3 is 0 Å². The predicted molar refractivity (Wildman–Crippen MR) is 76.6 cm³/mol. The molecule has 100 valence electrons. The number of aromatic nitrogens is 2. The third-order valence-electron chi connectivity index (χ3n) is 2.76. The Bertz CT molecular complexity index is 603. The van der Waals surface area contributed by atoms with E-state index in [2.05, 4.69) is 26.3 Å². The van der Waals surface area contributed by atoms with Crippen molar-refractivity contribution in [3.63, 3.8) is 0 Å². The van der Waals surface area contributed by atoms with Crippen LogP contribution in [-0.2, 0) is 7.05 Å². The highest BCUT2D eigenvalue weighted by Gasteiger charge is 2.13. The van der Waals surface area contributed by atoms with Gasteiger partial charge in [0.05, 0.1) is 12.8 Å². The number of methoxy groups -OCH3 is 1. The van der Waals surface area contributed by atoms with Crippen molar-refractivity contribution < 1.29 is 9.53 Å². The number of benzene rings is 1. The van der Waals surface area contributed by atoms with Crippen molar-refractivity contribution in [2.75, 3.05) is 12.4 Å². The molecule has 0 saturated carbocycles. The molecule has 2 rings (SSSR count). The Morgan fingerprint density at radius 1 is 1.42 bits per heavy atom. The second-order valence-corrected chi connectivity index (χ2v) is 5.01. The van der Waals surface area contributed by atoms with Gasteiger partial charge in [-0.25, -0.2) is 0 Å². The molecular weight excluding hydrogens is 310 g/mol. The summed E-state index contributed by atoms with van der Waals surface area (Å²) in [6.07, 6.45) is 0. The molecule has 0 atom stereocenters. The van der Waals surface area contributed by atoms with Gasteiger partial charge in [-0.15, -0.1) is 0 Å². The summed E-state index contributed by atoms with van der Waals surface area (Å²) in [4.78, 5) is 12.1. The first-order valence-corrected chi connectivity index (χ1v) is 6.46. The highest BCUT2D eigenvalue weighted by molar-refractivity contribution is 9.10. The van der Waals surface area contributed by atoms with Crippen molar-refractivity contribution in [3.05, 3.63) is 40.1 Å². The predicted octanol–water partition coefficient (Wildman–Crippen LogP) is 2.75. The molecule has 0 radical (unpaired) electrons. The lowest BCUT2D eigenvalue weighted by atomic mass is 10.2. The van der Waals surface area contributed by atoms with Gasteiger partial charge in [-0.05, 0) is 31.2 Å². The maximum atomic E-state index is 12.1. The number of nitrogens with one attached hydrogen (secondary N) is 1. The quantitative estimate of drug-likeness (QED) is 0.944. The monoisotopic (exact) mass is 323 g/mol. The molecule has 1 aromatic heterocycles. The van der Waals surface area contributed by atoms with E-state index in [-0.39, 0.29) is 5.91 Å². The van der Waals surface area contributed by atoms with Crippen molar-refractivity contribution in [2.24, 2.45) is 7.05 Å². The zero-order valence-electron chi connectivity index (χ0n) is 10.9. The Labute approximate surface area is 119 Å². The summed E-state index contributed by atoms with van der Waals surface area (Å²) < 4.78 is 7.73. The highest BCUT2D eigenvalue weighted by Crippen LogP contribution is 2.28. The molecule has 0 aliphatic carbocycles. The van der Waals surface area contributed by atoms with Gasteiger partial charge in [0.25, 0.3) is 5.91 Å². The number of rotatable bonds is 3. The summed E-state index contributed by atoms with van der Waals surface area (Å²) in [6, 6.07) is 7.15. The molecule has 0 fully saturated rings. The summed E-state index contributed by atoms with van der Waals surface area (Å²) in [7, 11) is 3.36. The van der Waals surface area contributed by atoms with Gasteiger partial charge in [0.15, 0.2) is 5.69 Å². The zero-order valence-corrected chi connectivity index (χ0v) is 12.5. The number of carbonyl (C=O) groups is 1. The standard InChI is InChI=1S/C13H14BrN3O2/c1-8-6-11(16-17(8)2)13(18)15-10-7-9(14)4-5-12(10)19-3/h4-7H,1-3H3,(H,15,18). The fourth-order valence-corrected chi connectivity index (χ4v) is 2.00. The van der Waals surface area contributed by atoms with E-state index in [1.807, 2.05) is 13.0 Å². The second kappa shape index (κ2) is 5.44. The molecule has 0 saturated heterocycles. The van der Waals surface area contributed by atoms with E-state index in [4.69, 9.17) is 4.74 Å². The Morgan fingerprint density at radius 2 is 2.16 bits per heavy atom. The number of nitrogens with zero attached hydrogens (tertiary/aromatic N) is 2. The molecule has 0 aliphatic rings. The van der Waals surface area contributed by atoms with Crippen LogP contribution in [0.1, 0.15) is 16.2 Å². The van der Waals surface area contributed by atoms with Gasteiger partial charge in [-0.2, -0.15) is 5.10 Å². The van der Waals surface area contributed by atoms with E-state index in [1.54, 1.807) is 37.0 Å². The van der Waals surface area contributed by atoms with Crippen molar-refractivity contribution in [1.29, 1.82) is 0 Å². The second-order valence-electron chi connectivity index (χ2n) is 4.09. The third-order valence-corrected chi connectivity index (χ3v) is 3.25. The van der Waals surface area contributed by atoms with Crippen molar-refractivity contribution in [3.8, 4) is 5.75 Å². The number of halogens is 1.